The van der Waals surface area contributed by atoms with Crippen molar-refractivity contribution in [1.29, 1.82) is 0 Å². The summed E-state index contributed by atoms with van der Waals surface area (Å²) in [4.78, 5) is 0. The van der Waals surface area contributed by atoms with E-state index in [9.17, 15) is 0 Å². The van der Waals surface area contributed by atoms with Gasteiger partial charge in [-0.25, -0.2) is 0 Å². The molecule has 7 aromatic carbocycles. The van der Waals surface area contributed by atoms with Gasteiger partial charge in [-0.2, -0.15) is 0 Å². The molecule has 58 heavy (non-hydrogen) atoms. The van der Waals surface area contributed by atoms with E-state index in [0.29, 0.717) is 0 Å². The molecule has 0 saturated carbocycles. The molecular weight excluding hydrogens is 703 g/mol. The zero-order valence-electron chi connectivity index (χ0n) is 33.9. The molecular formula is C55H49N3. The fourth-order valence-corrected chi connectivity index (χ4v) is 8.94. The molecule has 0 aliphatic carbocycles. The number of allylic oxidation sites excluding steroid dienone is 1. The Labute approximate surface area is 341 Å². The third-order valence-electron chi connectivity index (χ3n) is 11.5. The van der Waals surface area contributed by atoms with Gasteiger partial charge in [-0.3, -0.25) is 0 Å². The van der Waals surface area contributed by atoms with E-state index in [1.165, 1.54) is 93.2 Å². The van der Waals surface area contributed by atoms with Crippen LogP contribution in [-0.2, 0) is 19.6 Å². The predicted octanol–water partition coefficient (Wildman–Crippen LogP) is 15.1. The summed E-state index contributed by atoms with van der Waals surface area (Å²) in [5.41, 5.74) is 13.8. The van der Waals surface area contributed by atoms with E-state index in [1.54, 1.807) is 0 Å². The zero-order chi connectivity index (χ0) is 39.6. The van der Waals surface area contributed by atoms with Gasteiger partial charge in [0.25, 0.3) is 0 Å². The van der Waals surface area contributed by atoms with Gasteiger partial charge in [-0.15, -0.1) is 0 Å². The lowest BCUT2D eigenvalue weighted by molar-refractivity contribution is 0.827. The lowest BCUT2D eigenvalue weighted by Gasteiger charge is -2.04. The van der Waals surface area contributed by atoms with Gasteiger partial charge in [-0.05, 0) is 122 Å². The maximum Gasteiger partial charge on any atom is 0.0491 e. The van der Waals surface area contributed by atoms with E-state index in [1.807, 2.05) is 0 Å². The maximum atomic E-state index is 2.40. The third kappa shape index (κ3) is 6.73. The Morgan fingerprint density at radius 1 is 0.310 bits per heavy atom. The number of fused-ring (bicyclic) bond motifs is 9. The van der Waals surface area contributed by atoms with Gasteiger partial charge in [0, 0.05) is 85.1 Å². The van der Waals surface area contributed by atoms with E-state index in [0.717, 1.165) is 19.6 Å². The summed E-state index contributed by atoms with van der Waals surface area (Å²) in [5, 5.41) is 7.96. The van der Waals surface area contributed by atoms with Gasteiger partial charge >= 0.3 is 0 Å². The quantitative estimate of drug-likeness (QED) is 0.137. The van der Waals surface area contributed by atoms with Crippen LogP contribution in [0, 0.1) is 0 Å². The van der Waals surface area contributed by atoms with E-state index >= 15 is 0 Å². The molecule has 10 rings (SSSR count). The Kier molecular flexibility index (Phi) is 10.1. The molecule has 0 aliphatic rings. The summed E-state index contributed by atoms with van der Waals surface area (Å²) in [6, 6.07) is 55.0. The molecule has 0 bridgehead atoms. The van der Waals surface area contributed by atoms with E-state index in [-0.39, 0.29) is 0 Å². The Morgan fingerprint density at radius 2 is 0.603 bits per heavy atom. The Balaban J connectivity index is 0.000000242. The van der Waals surface area contributed by atoms with Crippen molar-refractivity contribution in [3.63, 3.8) is 0 Å². The van der Waals surface area contributed by atoms with Crippen LogP contribution in [0.5, 0.6) is 0 Å². The Morgan fingerprint density at radius 3 is 0.948 bits per heavy atom. The summed E-state index contributed by atoms with van der Waals surface area (Å²) in [6.45, 7) is 11.6. The maximum absolute atomic E-state index is 2.40. The second kappa shape index (κ2) is 16.0. The molecule has 0 spiro atoms. The van der Waals surface area contributed by atoms with Crippen LogP contribution < -0.4 is 0 Å². The summed E-state index contributed by atoms with van der Waals surface area (Å²) in [6.07, 6.45) is 13.2. The molecule has 284 valence electrons. The molecule has 3 nitrogen and oxygen atoms in total. The molecule has 0 N–H and O–H groups in total. The molecule has 0 aliphatic heterocycles. The van der Waals surface area contributed by atoms with Crippen LogP contribution in [0.2, 0.25) is 0 Å². The second-order valence-corrected chi connectivity index (χ2v) is 15.0. The largest absolute Gasteiger partial charge is 0.341 e. The number of hydrogen-bond donors (Lipinski definition) is 0. The highest BCUT2D eigenvalue weighted by Crippen LogP contribution is 2.32. The van der Waals surface area contributed by atoms with Crippen molar-refractivity contribution in [3.05, 3.63) is 186 Å². The summed E-state index contributed by atoms with van der Waals surface area (Å²) in [7, 11) is 0. The van der Waals surface area contributed by atoms with Crippen LogP contribution in [0.4, 0.5) is 0 Å². The number of aromatic nitrogens is 3. The normalized spacial score (nSPS) is 12.1. The van der Waals surface area contributed by atoms with Crippen LogP contribution in [0.3, 0.4) is 0 Å². The fourth-order valence-electron chi connectivity index (χ4n) is 8.94. The van der Waals surface area contributed by atoms with Crippen molar-refractivity contribution in [3.8, 4) is 0 Å². The van der Waals surface area contributed by atoms with E-state index in [4.69, 9.17) is 0 Å². The van der Waals surface area contributed by atoms with Crippen molar-refractivity contribution < 1.29 is 0 Å². The first kappa shape index (κ1) is 36.8. The number of hydrogen-bond acceptors (Lipinski definition) is 0. The average Bonchev–Trinajstić information content (AvgIpc) is 3.89. The second-order valence-electron chi connectivity index (χ2n) is 15.0. The van der Waals surface area contributed by atoms with Crippen molar-refractivity contribution in [2.75, 3.05) is 0 Å². The van der Waals surface area contributed by atoms with Crippen molar-refractivity contribution in [2.45, 2.75) is 47.3 Å². The first-order valence-corrected chi connectivity index (χ1v) is 20.7. The van der Waals surface area contributed by atoms with E-state index in [2.05, 4.69) is 230 Å². The van der Waals surface area contributed by atoms with Gasteiger partial charge < -0.3 is 13.7 Å². The monoisotopic (exact) mass is 751 g/mol. The van der Waals surface area contributed by atoms with Crippen LogP contribution in [0.25, 0.3) is 95.8 Å². The molecule has 0 atom stereocenters. The van der Waals surface area contributed by atoms with Crippen LogP contribution >= 0.6 is 0 Å². The minimum Gasteiger partial charge on any atom is -0.341 e. The van der Waals surface area contributed by atoms with Crippen molar-refractivity contribution in [2.24, 2.45) is 0 Å². The van der Waals surface area contributed by atoms with Crippen LogP contribution in [0.15, 0.2) is 158 Å². The molecule has 3 heteroatoms. The highest BCUT2D eigenvalue weighted by atomic mass is 15.0. The molecule has 0 radical (unpaired) electrons. The van der Waals surface area contributed by atoms with Crippen molar-refractivity contribution in [1.82, 2.24) is 13.7 Å². The highest BCUT2D eigenvalue weighted by Gasteiger charge is 2.11. The first-order valence-electron chi connectivity index (χ1n) is 20.7. The Hall–Kier alpha value is -6.84. The van der Waals surface area contributed by atoms with Crippen LogP contribution in [-0.4, -0.2) is 13.7 Å². The number of rotatable bonds is 8. The van der Waals surface area contributed by atoms with Gasteiger partial charge in [0.15, 0.2) is 0 Å². The first-order chi connectivity index (χ1) is 28.6. The molecule has 3 heterocycles. The predicted molar refractivity (Wildman–Crippen MR) is 254 cm³/mol. The molecule has 0 saturated heterocycles. The summed E-state index contributed by atoms with van der Waals surface area (Å²) < 4.78 is 7.17. The summed E-state index contributed by atoms with van der Waals surface area (Å²) in [5.74, 6) is 0. The number of para-hydroxylation sites is 4. The van der Waals surface area contributed by atoms with Gasteiger partial charge in [0.2, 0.25) is 0 Å². The smallest absolute Gasteiger partial charge is 0.0491 e. The minimum atomic E-state index is 0.961. The van der Waals surface area contributed by atoms with E-state index < -0.39 is 0 Å². The molecule has 0 amide bonds. The minimum absolute atomic E-state index is 0.961. The molecule has 0 unspecified atom stereocenters. The standard InChI is InChI=1S/C41H36N2.C14H13N/c1-4-11-31-24-32(18-16-29-20-22-40-36(27-29)34-12-7-9-14-38(34)42(40)5-2)26-33(25-31)19-17-30-21-23-41-37(28-30)35-13-8-10-15-39(35)43(41)6-3;1-2-15-13-9-5-3-7-11(13)12-8-4-6-10-14(12)15/h4,7-28H,5-6H2,1-3H3;3-10H,2H2,1H3/b11-4+,18-16+,19-17+;. The SMILES string of the molecule is C/C=C/c1cc(/C=C/c2ccc3c(c2)c2ccccc2n3CC)cc(/C=C/c2ccc3c(c2)c2ccccc2n3CC)c1.CCn1c2ccccc2c2ccccc21. The van der Waals surface area contributed by atoms with Gasteiger partial charge in [0.05, 0.1) is 0 Å². The van der Waals surface area contributed by atoms with Crippen LogP contribution in [0.1, 0.15) is 55.5 Å². The average molecular weight is 752 g/mol. The summed E-state index contributed by atoms with van der Waals surface area (Å²) >= 11 is 0. The zero-order valence-corrected chi connectivity index (χ0v) is 33.9. The Bertz CT molecular complexity index is 2990. The number of benzene rings is 7. The molecule has 0 fully saturated rings. The molecule has 10 aromatic rings. The topological polar surface area (TPSA) is 14.8 Å². The number of nitrogens with zero attached hydrogens (tertiary/aromatic N) is 3. The third-order valence-corrected chi connectivity index (χ3v) is 11.5. The number of aryl methyl sites for hydroxylation is 3. The molecule has 3 aromatic heterocycles. The van der Waals surface area contributed by atoms with Gasteiger partial charge in [-0.1, -0.05) is 121 Å². The van der Waals surface area contributed by atoms with Crippen molar-refractivity contribution >= 4 is 95.8 Å². The van der Waals surface area contributed by atoms with Gasteiger partial charge in [0.1, 0.15) is 0 Å². The fraction of sp³-hybridized carbons (Fsp3) is 0.127. The lowest BCUT2D eigenvalue weighted by Crippen LogP contribution is -1.92. The highest BCUT2D eigenvalue weighted by molar-refractivity contribution is 6.10. The lowest BCUT2D eigenvalue weighted by atomic mass is 10.0.